The summed E-state index contributed by atoms with van der Waals surface area (Å²) in [7, 11) is -2.44. The van der Waals surface area contributed by atoms with Crippen molar-refractivity contribution < 1.29 is 22.7 Å². The molecule has 8 nitrogen and oxygen atoms in total. The molecule has 1 atom stereocenters. The molecule has 208 valence electrons. The number of anilines is 1. The summed E-state index contributed by atoms with van der Waals surface area (Å²) >= 11 is 0. The van der Waals surface area contributed by atoms with Crippen LogP contribution in [0.25, 0.3) is 0 Å². The van der Waals surface area contributed by atoms with Crippen LogP contribution < -0.4 is 14.4 Å². The van der Waals surface area contributed by atoms with Crippen molar-refractivity contribution in [3.63, 3.8) is 0 Å². The Morgan fingerprint density at radius 1 is 0.974 bits per heavy atom. The fraction of sp³-hybridized carbons (Fsp3) is 0.333. The van der Waals surface area contributed by atoms with E-state index >= 15 is 0 Å². The number of hydrogen-bond acceptors (Lipinski definition) is 5. The first-order chi connectivity index (χ1) is 18.5. The molecule has 0 unspecified atom stereocenters. The van der Waals surface area contributed by atoms with E-state index in [9.17, 15) is 18.0 Å². The number of benzene rings is 3. The number of hydrogen-bond donors (Lipinski definition) is 1. The number of aryl methyl sites for hydroxylation is 2. The van der Waals surface area contributed by atoms with Crippen molar-refractivity contribution in [3.05, 3.63) is 95.1 Å². The maximum Gasteiger partial charge on any atom is 0.244 e. The van der Waals surface area contributed by atoms with Gasteiger partial charge in [0.25, 0.3) is 0 Å². The Morgan fingerprint density at radius 2 is 1.64 bits per heavy atom. The average molecular weight is 552 g/mol. The molecule has 2 amide bonds. The van der Waals surface area contributed by atoms with E-state index in [0.29, 0.717) is 12.3 Å². The number of nitrogens with one attached hydrogen (secondary N) is 1. The van der Waals surface area contributed by atoms with Gasteiger partial charge in [0.1, 0.15) is 18.3 Å². The summed E-state index contributed by atoms with van der Waals surface area (Å²) < 4.78 is 32.5. The van der Waals surface area contributed by atoms with E-state index in [2.05, 4.69) is 5.32 Å². The third-order valence-electron chi connectivity index (χ3n) is 6.51. The fourth-order valence-corrected chi connectivity index (χ4v) is 5.25. The SMILES string of the molecule is CCNC(=O)[C@@H](Cc1ccccc1)N(Cc1ccccc1C)C(=O)CN(c1cc(C)ccc1OC)S(C)(=O)=O. The Hall–Kier alpha value is -3.85. The van der Waals surface area contributed by atoms with Gasteiger partial charge in [-0.25, -0.2) is 8.42 Å². The number of nitrogens with zero attached hydrogens (tertiary/aromatic N) is 2. The van der Waals surface area contributed by atoms with Crippen molar-refractivity contribution in [2.45, 2.75) is 39.8 Å². The highest BCUT2D eigenvalue weighted by Crippen LogP contribution is 2.31. The van der Waals surface area contributed by atoms with Crippen molar-refractivity contribution in [1.82, 2.24) is 10.2 Å². The van der Waals surface area contributed by atoms with Gasteiger partial charge in [0, 0.05) is 19.5 Å². The average Bonchev–Trinajstić information content (AvgIpc) is 2.90. The quantitative estimate of drug-likeness (QED) is 0.369. The lowest BCUT2D eigenvalue weighted by atomic mass is 10.0. The lowest BCUT2D eigenvalue weighted by Gasteiger charge is -2.34. The number of sulfonamides is 1. The maximum atomic E-state index is 14.1. The molecular formula is C30H37N3O5S. The van der Waals surface area contributed by atoms with Crippen LogP contribution in [-0.2, 0) is 32.6 Å². The second-order valence-electron chi connectivity index (χ2n) is 9.49. The lowest BCUT2D eigenvalue weighted by Crippen LogP contribution is -2.53. The molecule has 3 rings (SSSR count). The number of carbonyl (C=O) groups is 2. The first-order valence-corrected chi connectivity index (χ1v) is 14.7. The monoisotopic (exact) mass is 551 g/mol. The summed E-state index contributed by atoms with van der Waals surface area (Å²) in [5.41, 5.74) is 3.80. The molecular weight excluding hydrogens is 514 g/mol. The lowest BCUT2D eigenvalue weighted by molar-refractivity contribution is -0.140. The molecule has 0 bridgehead atoms. The normalized spacial score (nSPS) is 11.9. The molecule has 9 heteroatoms. The third kappa shape index (κ3) is 7.83. The molecule has 1 N–H and O–H groups in total. The van der Waals surface area contributed by atoms with Crippen LogP contribution in [0.5, 0.6) is 5.75 Å². The van der Waals surface area contributed by atoms with E-state index in [1.807, 2.05) is 75.4 Å². The van der Waals surface area contributed by atoms with Crippen LogP contribution in [0.1, 0.15) is 29.2 Å². The Balaban J connectivity index is 2.09. The molecule has 39 heavy (non-hydrogen) atoms. The zero-order valence-electron chi connectivity index (χ0n) is 23.2. The highest BCUT2D eigenvalue weighted by molar-refractivity contribution is 7.92. The Morgan fingerprint density at radius 3 is 2.26 bits per heavy atom. The number of methoxy groups -OCH3 is 1. The van der Waals surface area contributed by atoms with Gasteiger partial charge in [-0.05, 0) is 55.2 Å². The van der Waals surface area contributed by atoms with Gasteiger partial charge in [-0.1, -0.05) is 60.7 Å². The zero-order chi connectivity index (χ0) is 28.6. The molecule has 0 aliphatic carbocycles. The van der Waals surface area contributed by atoms with Gasteiger partial charge in [0.2, 0.25) is 21.8 Å². The van der Waals surface area contributed by atoms with Gasteiger partial charge in [0.05, 0.1) is 19.1 Å². The van der Waals surface area contributed by atoms with E-state index in [1.54, 1.807) is 18.2 Å². The summed E-state index contributed by atoms with van der Waals surface area (Å²) in [4.78, 5) is 29.0. The smallest absolute Gasteiger partial charge is 0.244 e. The minimum Gasteiger partial charge on any atom is -0.495 e. The van der Waals surface area contributed by atoms with E-state index in [4.69, 9.17) is 4.74 Å². The Labute approximate surface area is 231 Å². The minimum absolute atomic E-state index is 0.142. The molecule has 3 aromatic rings. The van der Waals surface area contributed by atoms with Crippen molar-refractivity contribution in [2.24, 2.45) is 0 Å². The first kappa shape index (κ1) is 29.7. The predicted octanol–water partition coefficient (Wildman–Crippen LogP) is 3.85. The van der Waals surface area contributed by atoms with Crippen molar-refractivity contribution in [2.75, 3.05) is 30.8 Å². The zero-order valence-corrected chi connectivity index (χ0v) is 24.0. The fourth-order valence-electron chi connectivity index (χ4n) is 4.41. The van der Waals surface area contributed by atoms with E-state index in [0.717, 1.165) is 32.8 Å². The van der Waals surface area contributed by atoms with Crippen LogP contribution in [0.3, 0.4) is 0 Å². The highest BCUT2D eigenvalue weighted by Gasteiger charge is 2.33. The van der Waals surface area contributed by atoms with Gasteiger partial charge >= 0.3 is 0 Å². The van der Waals surface area contributed by atoms with Crippen LogP contribution >= 0.6 is 0 Å². The number of ether oxygens (including phenoxy) is 1. The summed E-state index contributed by atoms with van der Waals surface area (Å²) in [6.07, 6.45) is 1.33. The minimum atomic E-state index is -3.89. The van der Waals surface area contributed by atoms with E-state index < -0.39 is 28.5 Å². The van der Waals surface area contributed by atoms with Gasteiger partial charge in [-0.3, -0.25) is 13.9 Å². The van der Waals surface area contributed by atoms with Crippen LogP contribution in [0, 0.1) is 13.8 Å². The number of likely N-dealkylation sites (N-methyl/N-ethyl adjacent to an activating group) is 1. The summed E-state index contributed by atoms with van der Waals surface area (Å²) in [6.45, 7) is 5.64. The molecule has 3 aromatic carbocycles. The molecule has 0 saturated carbocycles. The van der Waals surface area contributed by atoms with E-state index in [-0.39, 0.29) is 24.6 Å². The first-order valence-electron chi connectivity index (χ1n) is 12.8. The molecule has 0 aromatic heterocycles. The van der Waals surface area contributed by atoms with Gasteiger partial charge in [-0.2, -0.15) is 0 Å². The van der Waals surface area contributed by atoms with Crippen LogP contribution in [-0.4, -0.2) is 57.6 Å². The summed E-state index contributed by atoms with van der Waals surface area (Å²) in [5.74, 6) is -0.476. The third-order valence-corrected chi connectivity index (χ3v) is 7.63. The van der Waals surface area contributed by atoms with Gasteiger partial charge in [0.15, 0.2) is 0 Å². The molecule has 0 aliphatic rings. The number of amides is 2. The highest BCUT2D eigenvalue weighted by atomic mass is 32.2. The standard InChI is InChI=1S/C30H37N3O5S/c1-6-31-30(35)27(19-24-13-8-7-9-14-24)32(20-25-15-11-10-12-23(25)3)29(34)21-33(39(5,36)37)26-18-22(2)16-17-28(26)38-4/h7-18,27H,6,19-21H2,1-5H3,(H,31,35)/t27-/m1/s1. The van der Waals surface area contributed by atoms with Crippen LogP contribution in [0.15, 0.2) is 72.8 Å². The summed E-state index contributed by atoms with van der Waals surface area (Å²) in [5, 5.41) is 2.86. The Kier molecular flexibility index (Phi) is 10.1. The maximum absolute atomic E-state index is 14.1. The topological polar surface area (TPSA) is 96.0 Å². The van der Waals surface area contributed by atoms with E-state index in [1.165, 1.54) is 12.0 Å². The number of carbonyl (C=O) groups excluding carboxylic acids is 2. The van der Waals surface area contributed by atoms with Crippen molar-refractivity contribution in [1.29, 1.82) is 0 Å². The molecule has 0 heterocycles. The predicted molar refractivity (Wildman–Crippen MR) is 154 cm³/mol. The number of rotatable bonds is 12. The van der Waals surface area contributed by atoms with Crippen molar-refractivity contribution in [3.8, 4) is 5.75 Å². The van der Waals surface area contributed by atoms with Gasteiger partial charge in [-0.15, -0.1) is 0 Å². The molecule has 0 radical (unpaired) electrons. The molecule has 0 saturated heterocycles. The van der Waals surface area contributed by atoms with Crippen LogP contribution in [0.4, 0.5) is 5.69 Å². The molecule has 0 fully saturated rings. The molecule has 0 aliphatic heterocycles. The molecule has 0 spiro atoms. The van der Waals surface area contributed by atoms with Crippen molar-refractivity contribution >= 4 is 27.5 Å². The van der Waals surface area contributed by atoms with Gasteiger partial charge < -0.3 is 15.0 Å². The van der Waals surface area contributed by atoms with Crippen LogP contribution in [0.2, 0.25) is 0 Å². The Bertz CT molecular complexity index is 1390. The second kappa shape index (κ2) is 13.3. The largest absolute Gasteiger partial charge is 0.495 e. The second-order valence-corrected chi connectivity index (χ2v) is 11.4. The summed E-state index contributed by atoms with van der Waals surface area (Å²) in [6, 6.07) is 21.4.